The highest BCUT2D eigenvalue weighted by Gasteiger charge is 2.12. The Morgan fingerprint density at radius 1 is 0.933 bits per heavy atom. The van der Waals surface area contributed by atoms with Crippen molar-refractivity contribution in [2.45, 2.75) is 12.1 Å². The van der Waals surface area contributed by atoms with Gasteiger partial charge in [-0.3, -0.25) is 9.36 Å². The highest BCUT2D eigenvalue weighted by atomic mass is 32.2. The molecule has 4 rings (SSSR count). The second-order valence-electron chi connectivity index (χ2n) is 6.69. The molecule has 7 heteroatoms. The number of anilines is 3. The van der Waals surface area contributed by atoms with Gasteiger partial charge < -0.3 is 10.6 Å². The zero-order valence-corrected chi connectivity index (χ0v) is 17.3. The Morgan fingerprint density at radius 3 is 2.40 bits per heavy atom. The summed E-state index contributed by atoms with van der Waals surface area (Å²) in [6, 6.07) is 25.6. The second kappa shape index (κ2) is 9.28. The molecule has 0 fully saturated rings. The Kier molecular flexibility index (Phi) is 6.10. The first kappa shape index (κ1) is 19.7. The molecular formula is C23H21N5OS. The van der Waals surface area contributed by atoms with Crippen LogP contribution in [-0.4, -0.2) is 26.4 Å². The van der Waals surface area contributed by atoms with E-state index in [0.717, 1.165) is 22.7 Å². The van der Waals surface area contributed by atoms with Gasteiger partial charge in [0.1, 0.15) is 6.33 Å². The van der Waals surface area contributed by atoms with E-state index in [1.807, 2.05) is 90.4 Å². The summed E-state index contributed by atoms with van der Waals surface area (Å²) >= 11 is 1.35. The van der Waals surface area contributed by atoms with Crippen molar-refractivity contribution in [3.8, 4) is 5.69 Å². The van der Waals surface area contributed by atoms with Gasteiger partial charge in [-0.1, -0.05) is 59.8 Å². The molecule has 0 aliphatic carbocycles. The van der Waals surface area contributed by atoms with Crippen LogP contribution in [0.1, 0.15) is 5.56 Å². The molecule has 1 amide bonds. The second-order valence-corrected chi connectivity index (χ2v) is 7.64. The SMILES string of the molecule is Cc1ccc(-n2cnnc2SCC(=O)Nc2ccccc2Nc2ccccc2)cc1. The molecule has 150 valence electrons. The average Bonchev–Trinajstić information content (AvgIpc) is 3.24. The summed E-state index contributed by atoms with van der Waals surface area (Å²) in [7, 11) is 0. The number of carbonyl (C=O) groups excluding carboxylic acids is 1. The minimum Gasteiger partial charge on any atom is -0.354 e. The van der Waals surface area contributed by atoms with Crippen LogP contribution in [0, 0.1) is 6.92 Å². The normalized spacial score (nSPS) is 10.6. The quantitative estimate of drug-likeness (QED) is 0.413. The summed E-state index contributed by atoms with van der Waals surface area (Å²) in [4.78, 5) is 12.6. The molecule has 0 atom stereocenters. The van der Waals surface area contributed by atoms with Gasteiger partial charge in [0.25, 0.3) is 0 Å². The van der Waals surface area contributed by atoms with Crippen molar-refractivity contribution in [2.75, 3.05) is 16.4 Å². The van der Waals surface area contributed by atoms with Gasteiger partial charge in [-0.25, -0.2) is 0 Å². The number of nitrogens with one attached hydrogen (secondary N) is 2. The van der Waals surface area contributed by atoms with Crippen molar-refractivity contribution in [3.63, 3.8) is 0 Å². The highest BCUT2D eigenvalue weighted by molar-refractivity contribution is 7.99. The monoisotopic (exact) mass is 415 g/mol. The first-order valence-corrected chi connectivity index (χ1v) is 10.5. The van der Waals surface area contributed by atoms with Gasteiger partial charge in [0.15, 0.2) is 5.16 Å². The van der Waals surface area contributed by atoms with Gasteiger partial charge in [-0.15, -0.1) is 10.2 Å². The molecule has 0 aliphatic heterocycles. The number of benzene rings is 3. The molecule has 0 spiro atoms. The fraction of sp³-hybridized carbons (Fsp3) is 0.0870. The van der Waals surface area contributed by atoms with Crippen LogP contribution >= 0.6 is 11.8 Å². The number of rotatable bonds is 7. The maximum absolute atomic E-state index is 12.6. The number of carbonyl (C=O) groups is 1. The highest BCUT2D eigenvalue weighted by Crippen LogP contribution is 2.26. The molecule has 0 radical (unpaired) electrons. The lowest BCUT2D eigenvalue weighted by atomic mass is 10.2. The Balaban J connectivity index is 1.41. The van der Waals surface area contributed by atoms with Gasteiger partial charge in [-0.05, 0) is 43.3 Å². The average molecular weight is 416 g/mol. The van der Waals surface area contributed by atoms with Crippen LogP contribution in [0.3, 0.4) is 0 Å². The molecule has 0 bridgehead atoms. The number of para-hydroxylation sites is 3. The molecule has 0 saturated carbocycles. The van der Waals surface area contributed by atoms with E-state index in [0.29, 0.717) is 5.16 Å². The number of hydrogen-bond acceptors (Lipinski definition) is 5. The van der Waals surface area contributed by atoms with Crippen LogP contribution in [0.25, 0.3) is 5.69 Å². The Morgan fingerprint density at radius 2 is 1.63 bits per heavy atom. The lowest BCUT2D eigenvalue weighted by Gasteiger charge is -2.13. The van der Waals surface area contributed by atoms with Crippen LogP contribution < -0.4 is 10.6 Å². The predicted octanol–water partition coefficient (Wildman–Crippen LogP) is 5.05. The van der Waals surface area contributed by atoms with Crippen LogP contribution in [0.2, 0.25) is 0 Å². The molecule has 0 saturated heterocycles. The van der Waals surface area contributed by atoms with Gasteiger partial charge in [0, 0.05) is 11.4 Å². The molecule has 3 aromatic carbocycles. The predicted molar refractivity (Wildman–Crippen MR) is 122 cm³/mol. The lowest BCUT2D eigenvalue weighted by molar-refractivity contribution is -0.113. The largest absolute Gasteiger partial charge is 0.354 e. The minimum atomic E-state index is -0.110. The number of aryl methyl sites for hydroxylation is 1. The number of amides is 1. The van der Waals surface area contributed by atoms with E-state index < -0.39 is 0 Å². The summed E-state index contributed by atoms with van der Waals surface area (Å²) in [6.45, 7) is 2.04. The van der Waals surface area contributed by atoms with Gasteiger partial charge in [0.05, 0.1) is 17.1 Å². The van der Waals surface area contributed by atoms with Crippen molar-refractivity contribution >= 4 is 34.7 Å². The number of nitrogens with zero attached hydrogens (tertiary/aromatic N) is 3. The summed E-state index contributed by atoms with van der Waals surface area (Å²) in [5.74, 6) is 0.116. The van der Waals surface area contributed by atoms with Crippen molar-refractivity contribution in [1.29, 1.82) is 0 Å². The van der Waals surface area contributed by atoms with E-state index in [9.17, 15) is 4.79 Å². The maximum atomic E-state index is 12.6. The third-order valence-corrected chi connectivity index (χ3v) is 5.36. The fourth-order valence-electron chi connectivity index (χ4n) is 2.90. The first-order chi connectivity index (χ1) is 14.7. The summed E-state index contributed by atoms with van der Waals surface area (Å²) < 4.78 is 1.88. The van der Waals surface area contributed by atoms with E-state index in [2.05, 4.69) is 20.8 Å². The number of aromatic nitrogens is 3. The zero-order chi connectivity index (χ0) is 20.8. The smallest absolute Gasteiger partial charge is 0.234 e. The van der Waals surface area contributed by atoms with E-state index in [1.54, 1.807) is 6.33 Å². The third-order valence-electron chi connectivity index (χ3n) is 4.41. The van der Waals surface area contributed by atoms with E-state index in [1.165, 1.54) is 17.3 Å². The molecule has 1 aromatic heterocycles. The molecule has 30 heavy (non-hydrogen) atoms. The van der Waals surface area contributed by atoms with E-state index in [4.69, 9.17) is 0 Å². The van der Waals surface area contributed by atoms with Crippen LogP contribution in [0.5, 0.6) is 0 Å². The molecule has 2 N–H and O–H groups in total. The number of thioether (sulfide) groups is 1. The molecular weight excluding hydrogens is 394 g/mol. The summed E-state index contributed by atoms with van der Waals surface area (Å²) in [6.07, 6.45) is 1.66. The Hall–Kier alpha value is -3.58. The van der Waals surface area contributed by atoms with Crippen LogP contribution in [0.4, 0.5) is 17.1 Å². The van der Waals surface area contributed by atoms with Crippen molar-refractivity contribution in [3.05, 3.63) is 90.8 Å². The van der Waals surface area contributed by atoms with Crippen LogP contribution in [0.15, 0.2) is 90.3 Å². The summed E-state index contributed by atoms with van der Waals surface area (Å²) in [5, 5.41) is 15.1. The van der Waals surface area contributed by atoms with E-state index in [-0.39, 0.29) is 11.7 Å². The van der Waals surface area contributed by atoms with Crippen molar-refractivity contribution < 1.29 is 4.79 Å². The van der Waals surface area contributed by atoms with Gasteiger partial charge >= 0.3 is 0 Å². The fourth-order valence-corrected chi connectivity index (χ4v) is 3.63. The van der Waals surface area contributed by atoms with Crippen LogP contribution in [-0.2, 0) is 4.79 Å². The summed E-state index contributed by atoms with van der Waals surface area (Å²) in [5.41, 5.74) is 4.67. The first-order valence-electron chi connectivity index (χ1n) is 9.50. The van der Waals surface area contributed by atoms with Crippen molar-refractivity contribution in [2.24, 2.45) is 0 Å². The third kappa shape index (κ3) is 4.87. The van der Waals surface area contributed by atoms with Gasteiger partial charge in [-0.2, -0.15) is 0 Å². The molecule has 4 aromatic rings. The Bertz CT molecular complexity index is 1130. The van der Waals surface area contributed by atoms with Gasteiger partial charge in [0.2, 0.25) is 5.91 Å². The molecule has 0 unspecified atom stereocenters. The molecule has 0 aliphatic rings. The minimum absolute atomic E-state index is 0.110. The van der Waals surface area contributed by atoms with E-state index >= 15 is 0 Å². The molecule has 1 heterocycles. The number of hydrogen-bond donors (Lipinski definition) is 2. The standard InChI is InChI=1S/C23H21N5OS/c1-17-11-13-19(14-12-17)28-16-24-27-23(28)30-15-22(29)26-21-10-6-5-9-20(21)25-18-7-3-2-4-8-18/h2-14,16,25H,15H2,1H3,(H,26,29). The molecule has 6 nitrogen and oxygen atoms in total. The maximum Gasteiger partial charge on any atom is 0.234 e. The zero-order valence-electron chi connectivity index (χ0n) is 16.4. The van der Waals surface area contributed by atoms with Crippen molar-refractivity contribution in [1.82, 2.24) is 14.8 Å². The lowest BCUT2D eigenvalue weighted by Crippen LogP contribution is -2.15. The topological polar surface area (TPSA) is 71.8 Å². The Labute approximate surface area is 179 Å².